The van der Waals surface area contributed by atoms with Gasteiger partial charge >= 0.3 is 6.03 Å². The van der Waals surface area contributed by atoms with Gasteiger partial charge in [0.15, 0.2) is 6.29 Å². The van der Waals surface area contributed by atoms with Crippen LogP contribution in [-0.4, -0.2) is 60.1 Å². The Hall–Kier alpha value is -3.48. The number of carbonyl (C=O) groups excluding carboxylic acids is 2. The molecule has 1 fully saturated rings. The summed E-state index contributed by atoms with van der Waals surface area (Å²) in [6.07, 6.45) is 8.96. The summed E-state index contributed by atoms with van der Waals surface area (Å²) in [6, 6.07) is 3.55. The summed E-state index contributed by atoms with van der Waals surface area (Å²) in [5.74, 6) is 0.841. The van der Waals surface area contributed by atoms with Crippen molar-refractivity contribution in [3.05, 3.63) is 58.1 Å². The van der Waals surface area contributed by atoms with Gasteiger partial charge in [-0.3, -0.25) is 9.69 Å². The van der Waals surface area contributed by atoms with E-state index in [1.807, 2.05) is 20.0 Å². The number of amides is 2. The lowest BCUT2D eigenvalue weighted by atomic mass is 10.0. The number of nitriles is 1. The van der Waals surface area contributed by atoms with Gasteiger partial charge in [-0.05, 0) is 57.4 Å². The van der Waals surface area contributed by atoms with E-state index in [0.717, 1.165) is 37.9 Å². The Bertz CT molecular complexity index is 1090. The summed E-state index contributed by atoms with van der Waals surface area (Å²) in [7, 11) is 2.03. The molecule has 9 heteroatoms. The Morgan fingerprint density at radius 3 is 2.86 bits per heavy atom. The predicted molar refractivity (Wildman–Crippen MR) is 133 cm³/mol. The number of allylic oxidation sites excluding steroid dienone is 5. The number of likely N-dealkylation sites (tertiary alicyclic amines) is 1. The first-order valence-corrected chi connectivity index (χ1v) is 11.9. The number of anilines is 1. The maximum Gasteiger partial charge on any atom is 0.327 e. The average molecular weight is 480 g/mol. The number of hydrogen-bond donors (Lipinski definition) is 2. The average Bonchev–Trinajstić information content (AvgIpc) is 3.27. The van der Waals surface area contributed by atoms with Gasteiger partial charge in [0.05, 0.1) is 12.2 Å². The monoisotopic (exact) mass is 479 g/mol. The molecule has 35 heavy (non-hydrogen) atoms. The topological polar surface area (TPSA) is 119 Å². The molecule has 186 valence electrons. The highest BCUT2D eigenvalue weighted by Gasteiger charge is 2.26. The largest absolute Gasteiger partial charge is 0.488 e. The lowest BCUT2D eigenvalue weighted by Gasteiger charge is -2.29. The highest BCUT2D eigenvalue weighted by molar-refractivity contribution is 5.93. The molecule has 0 aliphatic carbocycles. The molecule has 9 nitrogen and oxygen atoms in total. The van der Waals surface area contributed by atoms with E-state index < -0.39 is 0 Å². The quantitative estimate of drug-likeness (QED) is 0.254. The molecule has 0 aromatic carbocycles. The van der Waals surface area contributed by atoms with Gasteiger partial charge in [-0.2, -0.15) is 5.26 Å². The van der Waals surface area contributed by atoms with Crippen molar-refractivity contribution in [3.8, 4) is 6.07 Å². The highest BCUT2D eigenvalue weighted by atomic mass is 16.5. The molecule has 2 N–H and O–H groups in total. The van der Waals surface area contributed by atoms with Gasteiger partial charge in [0, 0.05) is 37.0 Å². The van der Waals surface area contributed by atoms with Crippen LogP contribution in [0.1, 0.15) is 54.7 Å². The smallest absolute Gasteiger partial charge is 0.327 e. The number of nitrogens with zero attached hydrogens (tertiary/aromatic N) is 4. The van der Waals surface area contributed by atoms with E-state index in [9.17, 15) is 20.0 Å². The van der Waals surface area contributed by atoms with Crippen LogP contribution in [0, 0.1) is 11.3 Å². The summed E-state index contributed by atoms with van der Waals surface area (Å²) >= 11 is 0. The first kappa shape index (κ1) is 26.1. The molecule has 1 unspecified atom stereocenters. The number of rotatable bonds is 8. The molecular formula is C26H33N5O4. The fourth-order valence-electron chi connectivity index (χ4n) is 4.21. The summed E-state index contributed by atoms with van der Waals surface area (Å²) in [4.78, 5) is 32.6. The predicted octanol–water partition coefficient (Wildman–Crippen LogP) is 3.22. The fraction of sp³-hybridized carbons (Fsp3) is 0.462. The lowest BCUT2D eigenvalue weighted by Crippen LogP contribution is -2.43. The molecule has 1 aromatic heterocycles. The van der Waals surface area contributed by atoms with E-state index in [4.69, 9.17) is 4.74 Å². The van der Waals surface area contributed by atoms with Crippen LogP contribution in [0.25, 0.3) is 0 Å². The molecule has 3 heterocycles. The molecule has 0 saturated carbocycles. The van der Waals surface area contributed by atoms with Gasteiger partial charge in [0.2, 0.25) is 0 Å². The maximum atomic E-state index is 13.2. The van der Waals surface area contributed by atoms with E-state index in [-0.39, 0.29) is 24.4 Å². The number of aromatic nitrogens is 1. The minimum absolute atomic E-state index is 0.0335. The van der Waals surface area contributed by atoms with Crippen molar-refractivity contribution in [1.29, 1.82) is 5.26 Å². The van der Waals surface area contributed by atoms with Crippen molar-refractivity contribution in [1.82, 2.24) is 15.2 Å². The Morgan fingerprint density at radius 1 is 1.43 bits per heavy atom. The number of fused-ring (bicyclic) bond motifs is 1. The van der Waals surface area contributed by atoms with Crippen molar-refractivity contribution < 1.29 is 19.4 Å². The molecular weight excluding hydrogens is 446 g/mol. The number of pyridine rings is 1. The number of likely N-dealkylation sites (N-methyl/N-ethyl adjacent to an activating group) is 1. The van der Waals surface area contributed by atoms with Gasteiger partial charge in [0.1, 0.15) is 29.4 Å². The molecule has 1 atom stereocenters. The second-order valence-corrected chi connectivity index (χ2v) is 8.80. The molecule has 2 amide bonds. The van der Waals surface area contributed by atoms with Gasteiger partial charge in [-0.15, -0.1) is 0 Å². The number of hydrogen-bond acceptors (Lipinski definition) is 7. The summed E-state index contributed by atoms with van der Waals surface area (Å²) in [6.45, 7) is 5.58. The molecule has 0 spiro atoms. The SMILES string of the molecule is CC/C=C/C(C#N)=C(\C=C(/C)NC(=O)N1CCCc2cc(CO)c(C=O)nc21)OC1CCN(C)C1. The number of ether oxygens (including phenoxy) is 1. The third-order valence-electron chi connectivity index (χ3n) is 6.00. The minimum Gasteiger partial charge on any atom is -0.488 e. The third kappa shape index (κ3) is 6.56. The van der Waals surface area contributed by atoms with Gasteiger partial charge in [-0.1, -0.05) is 13.0 Å². The molecule has 0 radical (unpaired) electrons. The fourth-order valence-corrected chi connectivity index (χ4v) is 4.21. The maximum absolute atomic E-state index is 13.2. The van der Waals surface area contributed by atoms with Gasteiger partial charge < -0.3 is 20.1 Å². The summed E-state index contributed by atoms with van der Waals surface area (Å²) in [5, 5.41) is 22.1. The van der Waals surface area contributed by atoms with Crippen molar-refractivity contribution >= 4 is 18.1 Å². The normalized spacial score (nSPS) is 19.2. The Morgan fingerprint density at radius 2 is 2.23 bits per heavy atom. The first-order chi connectivity index (χ1) is 16.9. The van der Waals surface area contributed by atoms with Crippen molar-refractivity contribution in [2.45, 2.75) is 52.2 Å². The number of aliphatic hydroxyl groups is 1. The first-order valence-electron chi connectivity index (χ1n) is 11.9. The summed E-state index contributed by atoms with van der Waals surface area (Å²) < 4.78 is 6.19. The molecule has 1 aromatic rings. The van der Waals surface area contributed by atoms with Crippen molar-refractivity contribution in [2.24, 2.45) is 0 Å². The van der Waals surface area contributed by atoms with E-state index in [0.29, 0.717) is 47.7 Å². The van der Waals surface area contributed by atoms with E-state index in [1.54, 1.807) is 25.1 Å². The highest BCUT2D eigenvalue weighted by Crippen LogP contribution is 2.27. The number of aldehydes is 1. The Kier molecular flexibility index (Phi) is 9.18. The van der Waals surface area contributed by atoms with Crippen LogP contribution >= 0.6 is 0 Å². The van der Waals surface area contributed by atoms with Crippen molar-refractivity contribution in [2.75, 3.05) is 31.6 Å². The zero-order chi connectivity index (χ0) is 25.4. The standard InChI is InChI=1S/C26H33N5O4/c1-4-5-7-20(14-27)24(35-22-9-11-30(3)15-22)12-18(2)28-26(34)31-10-6-8-19-13-21(16-32)23(17-33)29-25(19)31/h5,7,12-13,17,22,32H,4,6,8-11,15-16H2,1-3H3,(H,28,34)/b7-5+,18-12+,24-20-. The molecule has 1 saturated heterocycles. The molecule has 2 aliphatic heterocycles. The zero-order valence-electron chi connectivity index (χ0n) is 20.6. The molecule has 3 rings (SSSR count). The number of nitrogens with one attached hydrogen (secondary N) is 1. The number of aliphatic hydroxyl groups excluding tert-OH is 1. The second-order valence-electron chi connectivity index (χ2n) is 8.80. The van der Waals surface area contributed by atoms with Gasteiger partial charge in [-0.25, -0.2) is 9.78 Å². The molecule has 2 aliphatic rings. The number of aryl methyl sites for hydroxylation is 1. The van der Waals surface area contributed by atoms with Gasteiger partial charge in [0.25, 0.3) is 0 Å². The Labute approximate surface area is 206 Å². The van der Waals surface area contributed by atoms with Crippen LogP contribution in [0.5, 0.6) is 0 Å². The van der Waals surface area contributed by atoms with Crippen LogP contribution in [0.15, 0.2) is 41.3 Å². The zero-order valence-corrected chi connectivity index (χ0v) is 20.6. The number of urea groups is 1. The van der Waals surface area contributed by atoms with E-state index >= 15 is 0 Å². The summed E-state index contributed by atoms with van der Waals surface area (Å²) in [5.41, 5.74) is 2.30. The van der Waals surface area contributed by atoms with E-state index in [1.165, 1.54) is 4.90 Å². The van der Waals surface area contributed by atoms with Crippen molar-refractivity contribution in [3.63, 3.8) is 0 Å². The second kappa shape index (κ2) is 12.3. The van der Waals surface area contributed by atoms with E-state index in [2.05, 4.69) is 21.3 Å². The van der Waals surface area contributed by atoms with Crippen LogP contribution in [0.2, 0.25) is 0 Å². The number of carbonyl (C=O) groups is 2. The van der Waals surface area contributed by atoms with Crippen LogP contribution in [-0.2, 0) is 17.8 Å². The van der Waals surface area contributed by atoms with Crippen LogP contribution in [0.3, 0.4) is 0 Å². The minimum atomic E-state index is -0.386. The van der Waals surface area contributed by atoms with Crippen LogP contribution in [0.4, 0.5) is 10.6 Å². The molecule has 0 bridgehead atoms. The van der Waals surface area contributed by atoms with Crippen LogP contribution < -0.4 is 10.2 Å². The lowest BCUT2D eigenvalue weighted by molar-refractivity contribution is 0.111. The third-order valence-corrected chi connectivity index (χ3v) is 6.00. The Balaban J connectivity index is 1.85.